The minimum atomic E-state index is -0.375. The Labute approximate surface area is 109 Å². The Hall–Kier alpha value is -2.62. The van der Waals surface area contributed by atoms with Crippen LogP contribution in [-0.4, -0.2) is 18.9 Å². The lowest BCUT2D eigenvalue weighted by Crippen LogP contribution is -2.21. The van der Waals surface area contributed by atoms with Crippen molar-refractivity contribution >= 4 is 28.2 Å². The molecule has 0 saturated carbocycles. The number of fused-ring (bicyclic) bond motifs is 1. The monoisotopic (exact) mass is 253 g/mol. The van der Waals surface area contributed by atoms with Crippen LogP contribution in [0.25, 0.3) is 16.3 Å². The van der Waals surface area contributed by atoms with E-state index in [2.05, 4.69) is 5.32 Å². The SMILES string of the molecule is COc1cccc2c(C3=CC(=O)NC3=O)cccc12. The summed E-state index contributed by atoms with van der Waals surface area (Å²) in [5.74, 6) is 0.00454. The lowest BCUT2D eigenvalue weighted by molar-refractivity contribution is -0.123. The van der Waals surface area contributed by atoms with Crippen LogP contribution in [0.1, 0.15) is 5.56 Å². The van der Waals surface area contributed by atoms with Gasteiger partial charge in [0, 0.05) is 11.5 Å². The highest BCUT2D eigenvalue weighted by molar-refractivity contribution is 6.35. The summed E-state index contributed by atoms with van der Waals surface area (Å²) in [7, 11) is 1.60. The Bertz CT molecular complexity index is 731. The van der Waals surface area contributed by atoms with Crippen LogP contribution in [0.5, 0.6) is 5.75 Å². The number of hydrogen-bond donors (Lipinski definition) is 1. The molecule has 0 fully saturated rings. The van der Waals surface area contributed by atoms with E-state index in [1.807, 2.05) is 36.4 Å². The molecule has 2 amide bonds. The van der Waals surface area contributed by atoms with Crippen molar-refractivity contribution in [3.8, 4) is 5.75 Å². The molecule has 1 aliphatic heterocycles. The van der Waals surface area contributed by atoms with Gasteiger partial charge in [-0.1, -0.05) is 30.3 Å². The van der Waals surface area contributed by atoms with E-state index in [-0.39, 0.29) is 11.8 Å². The smallest absolute Gasteiger partial charge is 0.258 e. The standard InChI is InChI=1S/C15H11NO3/c1-19-13-7-3-5-9-10(4-2-6-11(9)13)12-8-14(17)16-15(12)18/h2-8H,1H3,(H,16,17,18). The molecule has 0 saturated heterocycles. The van der Waals surface area contributed by atoms with E-state index in [9.17, 15) is 9.59 Å². The van der Waals surface area contributed by atoms with Crippen molar-refractivity contribution in [2.45, 2.75) is 0 Å². The van der Waals surface area contributed by atoms with Gasteiger partial charge in [0.1, 0.15) is 5.75 Å². The number of amides is 2. The highest BCUT2D eigenvalue weighted by atomic mass is 16.5. The fourth-order valence-corrected chi connectivity index (χ4v) is 2.31. The summed E-state index contributed by atoms with van der Waals surface area (Å²) < 4.78 is 5.31. The number of rotatable bonds is 2. The normalized spacial score (nSPS) is 14.5. The zero-order chi connectivity index (χ0) is 13.4. The Morgan fingerprint density at radius 3 is 2.42 bits per heavy atom. The molecule has 3 rings (SSSR count). The number of nitrogens with one attached hydrogen (secondary N) is 1. The van der Waals surface area contributed by atoms with E-state index in [0.717, 1.165) is 22.1 Å². The molecule has 1 heterocycles. The van der Waals surface area contributed by atoms with Crippen LogP contribution in [0.2, 0.25) is 0 Å². The highest BCUT2D eigenvalue weighted by Gasteiger charge is 2.23. The van der Waals surface area contributed by atoms with E-state index in [4.69, 9.17) is 4.74 Å². The van der Waals surface area contributed by atoms with Crippen LogP contribution >= 0.6 is 0 Å². The maximum atomic E-state index is 11.8. The van der Waals surface area contributed by atoms with Gasteiger partial charge >= 0.3 is 0 Å². The molecular weight excluding hydrogens is 242 g/mol. The van der Waals surface area contributed by atoms with Gasteiger partial charge in [0.2, 0.25) is 0 Å². The number of imide groups is 1. The number of carbonyl (C=O) groups is 2. The fourth-order valence-electron chi connectivity index (χ4n) is 2.31. The van der Waals surface area contributed by atoms with E-state index >= 15 is 0 Å². The Kier molecular flexibility index (Phi) is 2.56. The zero-order valence-electron chi connectivity index (χ0n) is 10.3. The molecule has 1 N–H and O–H groups in total. The maximum Gasteiger partial charge on any atom is 0.258 e. The second kappa shape index (κ2) is 4.24. The summed E-state index contributed by atoms with van der Waals surface area (Å²) in [6, 6.07) is 11.2. The van der Waals surface area contributed by atoms with E-state index in [1.54, 1.807) is 7.11 Å². The molecule has 0 atom stereocenters. The van der Waals surface area contributed by atoms with Crippen LogP contribution in [0.4, 0.5) is 0 Å². The average molecular weight is 253 g/mol. The van der Waals surface area contributed by atoms with Crippen molar-refractivity contribution in [3.63, 3.8) is 0 Å². The molecule has 1 aliphatic rings. The third kappa shape index (κ3) is 1.78. The first kappa shape index (κ1) is 11.5. The van der Waals surface area contributed by atoms with Gasteiger partial charge in [0.15, 0.2) is 0 Å². The predicted octanol–water partition coefficient (Wildman–Crippen LogP) is 1.89. The van der Waals surface area contributed by atoms with Crippen LogP contribution in [-0.2, 0) is 9.59 Å². The van der Waals surface area contributed by atoms with Crippen molar-refractivity contribution < 1.29 is 14.3 Å². The molecule has 19 heavy (non-hydrogen) atoms. The second-order valence-corrected chi connectivity index (χ2v) is 4.24. The van der Waals surface area contributed by atoms with E-state index < -0.39 is 0 Å². The molecule has 2 aromatic rings. The first-order chi connectivity index (χ1) is 9.20. The lowest BCUT2D eigenvalue weighted by Gasteiger charge is -2.09. The number of ether oxygens (including phenoxy) is 1. The van der Waals surface area contributed by atoms with Crippen LogP contribution < -0.4 is 10.1 Å². The summed E-state index contributed by atoms with van der Waals surface area (Å²) in [5, 5.41) is 4.06. The summed E-state index contributed by atoms with van der Waals surface area (Å²) in [5.41, 5.74) is 1.13. The molecule has 0 aliphatic carbocycles. The second-order valence-electron chi connectivity index (χ2n) is 4.24. The first-order valence-electron chi connectivity index (χ1n) is 5.84. The summed E-state index contributed by atoms with van der Waals surface area (Å²) in [6.07, 6.45) is 1.33. The largest absolute Gasteiger partial charge is 0.496 e. The summed E-state index contributed by atoms with van der Waals surface area (Å²) in [6.45, 7) is 0. The van der Waals surface area contributed by atoms with Gasteiger partial charge < -0.3 is 4.74 Å². The number of methoxy groups -OCH3 is 1. The van der Waals surface area contributed by atoms with E-state index in [0.29, 0.717) is 5.57 Å². The minimum absolute atomic E-state index is 0.361. The third-order valence-corrected chi connectivity index (χ3v) is 3.15. The Balaban J connectivity index is 2.29. The van der Waals surface area contributed by atoms with Crippen LogP contribution in [0, 0.1) is 0 Å². The maximum absolute atomic E-state index is 11.8. The molecule has 0 aromatic heterocycles. The van der Waals surface area contributed by atoms with Crippen molar-refractivity contribution in [1.29, 1.82) is 0 Å². The van der Waals surface area contributed by atoms with Gasteiger partial charge in [-0.2, -0.15) is 0 Å². The predicted molar refractivity (Wildman–Crippen MR) is 71.6 cm³/mol. The van der Waals surface area contributed by atoms with Gasteiger partial charge in [-0.3, -0.25) is 14.9 Å². The lowest BCUT2D eigenvalue weighted by atomic mass is 9.98. The highest BCUT2D eigenvalue weighted by Crippen LogP contribution is 2.32. The number of hydrogen-bond acceptors (Lipinski definition) is 3. The molecule has 0 radical (unpaired) electrons. The average Bonchev–Trinajstić information content (AvgIpc) is 2.76. The van der Waals surface area contributed by atoms with Crippen molar-refractivity contribution in [3.05, 3.63) is 48.0 Å². The van der Waals surface area contributed by atoms with Gasteiger partial charge in [-0.25, -0.2) is 0 Å². The summed E-state index contributed by atoms with van der Waals surface area (Å²) >= 11 is 0. The van der Waals surface area contributed by atoms with Gasteiger partial charge in [0.05, 0.1) is 12.7 Å². The van der Waals surface area contributed by atoms with Crippen molar-refractivity contribution in [2.24, 2.45) is 0 Å². The van der Waals surface area contributed by atoms with Crippen LogP contribution in [0.15, 0.2) is 42.5 Å². The molecule has 0 spiro atoms. The van der Waals surface area contributed by atoms with Gasteiger partial charge in [0.25, 0.3) is 11.8 Å². The molecule has 0 unspecified atom stereocenters. The van der Waals surface area contributed by atoms with Gasteiger partial charge in [-0.15, -0.1) is 0 Å². The number of carbonyl (C=O) groups excluding carboxylic acids is 2. The third-order valence-electron chi connectivity index (χ3n) is 3.15. The zero-order valence-corrected chi connectivity index (χ0v) is 10.3. The Morgan fingerprint density at radius 1 is 1.00 bits per heavy atom. The van der Waals surface area contributed by atoms with Crippen molar-refractivity contribution in [1.82, 2.24) is 5.32 Å². The van der Waals surface area contributed by atoms with Gasteiger partial charge in [-0.05, 0) is 17.0 Å². The first-order valence-corrected chi connectivity index (χ1v) is 5.84. The Morgan fingerprint density at radius 2 is 1.74 bits per heavy atom. The molecular formula is C15H11NO3. The molecule has 94 valence electrons. The molecule has 0 bridgehead atoms. The summed E-state index contributed by atoms with van der Waals surface area (Å²) in [4.78, 5) is 23.0. The van der Waals surface area contributed by atoms with Crippen molar-refractivity contribution in [2.75, 3.05) is 7.11 Å². The molecule has 4 nitrogen and oxygen atoms in total. The molecule has 4 heteroatoms. The quantitative estimate of drug-likeness (QED) is 0.831. The molecule has 2 aromatic carbocycles. The fraction of sp³-hybridized carbons (Fsp3) is 0.0667. The van der Waals surface area contributed by atoms with Crippen LogP contribution in [0.3, 0.4) is 0 Å². The topological polar surface area (TPSA) is 55.4 Å². The number of benzene rings is 2. The van der Waals surface area contributed by atoms with E-state index in [1.165, 1.54) is 6.08 Å². The minimum Gasteiger partial charge on any atom is -0.496 e.